The normalized spacial score (nSPS) is 15.2. The van der Waals surface area contributed by atoms with Crippen LogP contribution in [0.1, 0.15) is 53.1 Å². The molecule has 1 saturated heterocycles. The number of hydrogen-bond donors (Lipinski definition) is 1. The van der Waals surface area contributed by atoms with Crippen LogP contribution in [0.3, 0.4) is 0 Å². The van der Waals surface area contributed by atoms with Crippen molar-refractivity contribution in [1.29, 1.82) is 0 Å². The average molecular weight is 585 g/mol. The maximum Gasteiger partial charge on any atom is 0.335 e. The Morgan fingerprint density at radius 1 is 1.17 bits per heavy atom. The van der Waals surface area contributed by atoms with Gasteiger partial charge in [-0.05, 0) is 63.2 Å². The van der Waals surface area contributed by atoms with Gasteiger partial charge in [-0.3, -0.25) is 4.90 Å². The average Bonchev–Trinajstić information content (AvgIpc) is 3.28. The molecule has 0 aliphatic carbocycles. The number of aryl methyl sites for hydroxylation is 1. The summed E-state index contributed by atoms with van der Waals surface area (Å²) in [6.07, 6.45) is 1.05. The second-order valence-corrected chi connectivity index (χ2v) is 10.7. The maximum absolute atomic E-state index is 14.1. The van der Waals surface area contributed by atoms with E-state index in [-0.39, 0.29) is 23.8 Å². The molecule has 8 nitrogen and oxygen atoms in total. The summed E-state index contributed by atoms with van der Waals surface area (Å²) in [4.78, 5) is 23.4. The van der Waals surface area contributed by atoms with E-state index in [2.05, 4.69) is 9.88 Å². The number of fused-ring (bicyclic) bond motifs is 1. The van der Waals surface area contributed by atoms with Gasteiger partial charge in [0.05, 0.1) is 17.6 Å². The number of aromatic nitrogens is 3. The second kappa shape index (κ2) is 12.4. The number of pyridine rings is 1. The second-order valence-electron chi connectivity index (χ2n) is 10.3. The molecule has 3 heterocycles. The third-order valence-corrected chi connectivity index (χ3v) is 7.58. The number of benzene rings is 2. The van der Waals surface area contributed by atoms with Gasteiger partial charge in [-0.15, -0.1) is 0 Å². The Hall–Kier alpha value is -3.76. The molecule has 1 fully saturated rings. The number of carbonyl (C=O) groups is 1. The Balaban J connectivity index is 1.24. The first-order valence-corrected chi connectivity index (χ1v) is 13.8. The van der Waals surface area contributed by atoms with Gasteiger partial charge in [0.25, 0.3) is 0 Å². The molecule has 0 radical (unpaired) electrons. The van der Waals surface area contributed by atoms with Crippen molar-refractivity contribution in [2.24, 2.45) is 7.05 Å². The largest absolute Gasteiger partial charge is 0.486 e. The van der Waals surface area contributed by atoms with Gasteiger partial charge in [-0.25, -0.2) is 23.5 Å². The van der Waals surface area contributed by atoms with Gasteiger partial charge < -0.3 is 19.1 Å². The highest BCUT2D eigenvalue weighted by Gasteiger charge is 2.25. The number of hydrogen-bond acceptors (Lipinski definition) is 6. The Morgan fingerprint density at radius 2 is 1.95 bits per heavy atom. The number of halogens is 3. The molecule has 11 heteroatoms. The van der Waals surface area contributed by atoms with E-state index in [1.54, 1.807) is 31.2 Å². The van der Waals surface area contributed by atoms with E-state index in [1.807, 2.05) is 23.7 Å². The number of likely N-dealkylation sites (tertiary alicyclic amines) is 1. The molecule has 1 aliphatic heterocycles. The van der Waals surface area contributed by atoms with Gasteiger partial charge in [-0.2, -0.15) is 0 Å². The smallest absolute Gasteiger partial charge is 0.335 e. The molecule has 0 amide bonds. The van der Waals surface area contributed by atoms with Gasteiger partial charge in [0, 0.05) is 35.3 Å². The molecule has 1 atom stereocenters. The predicted molar refractivity (Wildman–Crippen MR) is 151 cm³/mol. The fourth-order valence-electron chi connectivity index (χ4n) is 5.02. The molecule has 0 bridgehead atoms. The number of ether oxygens (including phenoxy) is 2. The Kier molecular flexibility index (Phi) is 8.70. The predicted octanol–water partition coefficient (Wildman–Crippen LogP) is 6.15. The number of alkyl halides is 1. The van der Waals surface area contributed by atoms with E-state index >= 15 is 0 Å². The van der Waals surface area contributed by atoms with Crippen LogP contribution in [0, 0.1) is 5.82 Å². The van der Waals surface area contributed by atoms with Crippen molar-refractivity contribution < 1.29 is 28.2 Å². The highest BCUT2D eigenvalue weighted by Crippen LogP contribution is 2.32. The van der Waals surface area contributed by atoms with Gasteiger partial charge in [0.15, 0.2) is 0 Å². The lowest BCUT2D eigenvalue weighted by atomic mass is 9.93. The monoisotopic (exact) mass is 584 g/mol. The van der Waals surface area contributed by atoms with E-state index < -0.39 is 24.6 Å². The van der Waals surface area contributed by atoms with E-state index in [0.29, 0.717) is 34.0 Å². The molecule has 0 spiro atoms. The van der Waals surface area contributed by atoms with Crippen molar-refractivity contribution in [1.82, 2.24) is 19.4 Å². The van der Waals surface area contributed by atoms with Crippen LogP contribution in [-0.2, 0) is 20.2 Å². The Bertz CT molecular complexity index is 1560. The van der Waals surface area contributed by atoms with Crippen LogP contribution >= 0.6 is 11.6 Å². The van der Waals surface area contributed by atoms with Gasteiger partial charge in [-0.1, -0.05) is 23.7 Å². The molecule has 2 aromatic heterocycles. The highest BCUT2D eigenvalue weighted by atomic mass is 35.5. The molecule has 2 aromatic carbocycles. The molecule has 1 aliphatic rings. The number of aromatic carboxylic acids is 1. The number of carboxylic acid groups (broad SMARTS) is 1. The van der Waals surface area contributed by atoms with Crippen LogP contribution in [-0.4, -0.2) is 56.4 Å². The molecule has 5 rings (SSSR count). The van der Waals surface area contributed by atoms with E-state index in [0.717, 1.165) is 37.4 Å². The molecule has 216 valence electrons. The summed E-state index contributed by atoms with van der Waals surface area (Å²) in [5, 5.41) is 9.89. The van der Waals surface area contributed by atoms with Crippen LogP contribution in [0.25, 0.3) is 11.0 Å². The van der Waals surface area contributed by atoms with Crippen LogP contribution in [0.5, 0.6) is 11.6 Å². The maximum atomic E-state index is 14.1. The fourth-order valence-corrected chi connectivity index (χ4v) is 5.18. The van der Waals surface area contributed by atoms with Crippen LogP contribution in [0.4, 0.5) is 8.78 Å². The SMILES string of the molecule is C[C@@H](CF)Oc1cc(C(=O)O)cc2c1nc(CN1CCC(c3cccc(OCc4ccc(Cl)cc4F)n3)CC1)n2C. The lowest BCUT2D eigenvalue weighted by Crippen LogP contribution is -2.33. The van der Waals surface area contributed by atoms with Gasteiger partial charge in [0.2, 0.25) is 5.88 Å². The standard InChI is InChI=1S/C30H31ClF2N4O4/c1-18(15-32)41-26-13-21(30(38)39)12-25-29(26)35-27(36(25)2)16-37-10-8-19(9-11-37)24-4-3-5-28(34-24)40-17-20-6-7-22(31)14-23(20)33/h3-7,12-14,18-19H,8-11,15-17H2,1-2H3,(H,38,39)/t18-/m0/s1. The molecule has 4 aromatic rings. The number of carboxylic acids is 1. The van der Waals surface area contributed by atoms with Crippen molar-refractivity contribution in [3.63, 3.8) is 0 Å². The third-order valence-electron chi connectivity index (χ3n) is 7.34. The van der Waals surface area contributed by atoms with E-state index in [4.69, 9.17) is 26.1 Å². The molecule has 0 saturated carbocycles. The van der Waals surface area contributed by atoms with Gasteiger partial charge >= 0.3 is 5.97 Å². The summed E-state index contributed by atoms with van der Waals surface area (Å²) >= 11 is 5.83. The van der Waals surface area contributed by atoms with Crippen molar-refractivity contribution in [3.8, 4) is 11.6 Å². The van der Waals surface area contributed by atoms with E-state index in [1.165, 1.54) is 12.1 Å². The minimum absolute atomic E-state index is 0.0589. The molecular weight excluding hydrogens is 554 g/mol. The van der Waals surface area contributed by atoms with Gasteiger partial charge in [0.1, 0.15) is 42.3 Å². The highest BCUT2D eigenvalue weighted by molar-refractivity contribution is 6.30. The topological polar surface area (TPSA) is 89.7 Å². The van der Waals surface area contributed by atoms with Crippen LogP contribution in [0.15, 0.2) is 48.5 Å². The summed E-state index contributed by atoms with van der Waals surface area (Å²) < 4.78 is 40.5. The molecule has 1 N–H and O–H groups in total. The Morgan fingerprint density at radius 3 is 2.66 bits per heavy atom. The van der Waals surface area contributed by atoms with Crippen molar-refractivity contribution in [3.05, 3.63) is 82.0 Å². The summed E-state index contributed by atoms with van der Waals surface area (Å²) in [7, 11) is 1.84. The summed E-state index contributed by atoms with van der Waals surface area (Å²) in [5.41, 5.74) is 2.54. The lowest BCUT2D eigenvalue weighted by molar-refractivity contribution is 0.0696. The molecule has 0 unspecified atom stereocenters. The minimum atomic E-state index is -1.09. The zero-order chi connectivity index (χ0) is 29.1. The molecular formula is C30H31ClF2N4O4. The first-order valence-electron chi connectivity index (χ1n) is 13.4. The van der Waals surface area contributed by atoms with Crippen molar-refractivity contribution in [2.45, 2.75) is 44.9 Å². The Labute approximate surface area is 241 Å². The zero-order valence-electron chi connectivity index (χ0n) is 22.8. The minimum Gasteiger partial charge on any atom is -0.486 e. The number of imidazole rings is 1. The summed E-state index contributed by atoms with van der Waals surface area (Å²) in [5.74, 6) is 0.221. The van der Waals surface area contributed by atoms with Crippen LogP contribution in [0.2, 0.25) is 5.02 Å². The number of rotatable bonds is 10. The summed E-state index contributed by atoms with van der Waals surface area (Å²) in [6.45, 7) is 3.16. The van der Waals surface area contributed by atoms with Crippen LogP contribution < -0.4 is 9.47 Å². The zero-order valence-corrected chi connectivity index (χ0v) is 23.6. The summed E-state index contributed by atoms with van der Waals surface area (Å²) in [6, 6.07) is 13.1. The third kappa shape index (κ3) is 6.60. The first-order chi connectivity index (χ1) is 19.7. The van der Waals surface area contributed by atoms with E-state index in [9.17, 15) is 18.7 Å². The lowest BCUT2D eigenvalue weighted by Gasteiger charge is -2.31. The quantitative estimate of drug-likeness (QED) is 0.239. The fraction of sp³-hybridized carbons (Fsp3) is 0.367. The number of piperidine rings is 1. The van der Waals surface area contributed by atoms with Crippen molar-refractivity contribution >= 4 is 28.6 Å². The van der Waals surface area contributed by atoms with Crippen molar-refractivity contribution in [2.75, 3.05) is 19.8 Å². The molecule has 41 heavy (non-hydrogen) atoms. The first kappa shape index (κ1) is 28.8. The number of nitrogens with zero attached hydrogens (tertiary/aromatic N) is 4.